The topological polar surface area (TPSA) is 54.5 Å². The highest BCUT2D eigenvalue weighted by Gasteiger charge is 2.16. The second-order valence-electron chi connectivity index (χ2n) is 5.62. The monoisotopic (exact) mass is 315 g/mol. The average Bonchev–Trinajstić information content (AvgIpc) is 2.54. The van der Waals surface area contributed by atoms with E-state index in [1.165, 1.54) is 19.2 Å². The molecule has 1 N–H and O–H groups in total. The Morgan fingerprint density at radius 2 is 2.22 bits per heavy atom. The van der Waals surface area contributed by atoms with E-state index in [1.54, 1.807) is 6.20 Å². The number of benzene rings is 1. The maximum atomic E-state index is 13.7. The minimum Gasteiger partial charge on any atom is -0.494 e. The molecule has 1 amide bonds. The molecule has 120 valence electrons. The minimum absolute atomic E-state index is 0.111. The van der Waals surface area contributed by atoms with Crippen LogP contribution in [0.25, 0.3) is 0 Å². The molecule has 2 heterocycles. The van der Waals surface area contributed by atoms with Crippen molar-refractivity contribution in [3.63, 3.8) is 0 Å². The van der Waals surface area contributed by atoms with Gasteiger partial charge in [-0.1, -0.05) is 0 Å². The summed E-state index contributed by atoms with van der Waals surface area (Å²) in [7, 11) is 3.43. The Morgan fingerprint density at radius 1 is 1.39 bits per heavy atom. The summed E-state index contributed by atoms with van der Waals surface area (Å²) >= 11 is 0. The molecule has 0 saturated heterocycles. The smallest absolute Gasteiger partial charge is 0.255 e. The molecule has 1 aromatic heterocycles. The van der Waals surface area contributed by atoms with Gasteiger partial charge in [-0.05, 0) is 36.9 Å². The van der Waals surface area contributed by atoms with Crippen molar-refractivity contribution in [3.8, 4) is 5.75 Å². The van der Waals surface area contributed by atoms with Crippen molar-refractivity contribution in [2.24, 2.45) is 0 Å². The van der Waals surface area contributed by atoms with E-state index in [0.717, 1.165) is 36.8 Å². The molecule has 0 saturated carbocycles. The summed E-state index contributed by atoms with van der Waals surface area (Å²) in [6.45, 7) is 1.79. The van der Waals surface area contributed by atoms with E-state index in [2.05, 4.69) is 15.2 Å². The van der Waals surface area contributed by atoms with Gasteiger partial charge in [0.1, 0.15) is 0 Å². The second kappa shape index (κ2) is 6.34. The Hall–Kier alpha value is -2.47. The fraction of sp³-hybridized carbons (Fsp3) is 0.294. The summed E-state index contributed by atoms with van der Waals surface area (Å²) in [5.74, 6) is -0.831. The van der Waals surface area contributed by atoms with Crippen molar-refractivity contribution in [1.29, 1.82) is 0 Å². The lowest BCUT2D eigenvalue weighted by Gasteiger charge is -2.24. The number of amides is 1. The lowest BCUT2D eigenvalue weighted by molar-refractivity contribution is 0.102. The maximum absolute atomic E-state index is 13.7. The van der Waals surface area contributed by atoms with Gasteiger partial charge in [-0.3, -0.25) is 9.78 Å². The number of ether oxygens (including phenoxy) is 1. The van der Waals surface area contributed by atoms with Gasteiger partial charge in [-0.2, -0.15) is 0 Å². The first-order valence-electron chi connectivity index (χ1n) is 7.38. The van der Waals surface area contributed by atoms with Crippen molar-refractivity contribution in [1.82, 2.24) is 9.88 Å². The normalized spacial score (nSPS) is 14.2. The first kappa shape index (κ1) is 15.4. The summed E-state index contributed by atoms with van der Waals surface area (Å²) < 4.78 is 18.5. The molecule has 2 aromatic rings. The number of halogens is 1. The van der Waals surface area contributed by atoms with Gasteiger partial charge in [0, 0.05) is 30.8 Å². The number of pyridine rings is 1. The van der Waals surface area contributed by atoms with Gasteiger partial charge in [-0.25, -0.2) is 4.39 Å². The predicted octanol–water partition coefficient (Wildman–Crippen LogP) is 2.47. The third-order valence-electron chi connectivity index (χ3n) is 3.90. The number of anilines is 1. The van der Waals surface area contributed by atoms with Gasteiger partial charge in [0.25, 0.3) is 5.91 Å². The SMILES string of the molecule is COc1ccc(C(=O)Nc2cnc3c(c2)CN(C)CC3)cc1F. The number of hydrogen-bond acceptors (Lipinski definition) is 4. The van der Waals surface area contributed by atoms with E-state index in [9.17, 15) is 9.18 Å². The van der Waals surface area contributed by atoms with Gasteiger partial charge in [0.05, 0.1) is 19.0 Å². The first-order valence-corrected chi connectivity index (χ1v) is 7.38. The number of methoxy groups -OCH3 is 1. The van der Waals surface area contributed by atoms with Gasteiger partial charge in [0.15, 0.2) is 11.6 Å². The standard InChI is InChI=1S/C17H18FN3O2/c1-21-6-5-15-12(10-21)7-13(9-19-15)20-17(22)11-3-4-16(23-2)14(18)8-11/h3-4,7-9H,5-6,10H2,1-2H3,(H,20,22). The van der Waals surface area contributed by atoms with Crippen LogP contribution in [0.3, 0.4) is 0 Å². The number of likely N-dealkylation sites (N-methyl/N-ethyl adjacent to an activating group) is 1. The lowest BCUT2D eigenvalue weighted by atomic mass is 10.1. The van der Waals surface area contributed by atoms with Crippen molar-refractivity contribution >= 4 is 11.6 Å². The highest BCUT2D eigenvalue weighted by atomic mass is 19.1. The molecule has 5 nitrogen and oxygen atoms in total. The Labute approximate surface area is 134 Å². The zero-order chi connectivity index (χ0) is 16.4. The van der Waals surface area contributed by atoms with E-state index in [0.29, 0.717) is 5.69 Å². The molecule has 0 unspecified atom stereocenters. The minimum atomic E-state index is -0.564. The summed E-state index contributed by atoms with van der Waals surface area (Å²) in [6, 6.07) is 6.05. The van der Waals surface area contributed by atoms with Gasteiger partial charge in [0.2, 0.25) is 0 Å². The van der Waals surface area contributed by atoms with E-state index >= 15 is 0 Å². The van der Waals surface area contributed by atoms with Gasteiger partial charge < -0.3 is 15.0 Å². The molecule has 0 radical (unpaired) electrons. The Balaban J connectivity index is 1.78. The van der Waals surface area contributed by atoms with Crippen LogP contribution in [0.15, 0.2) is 30.5 Å². The highest BCUT2D eigenvalue weighted by Crippen LogP contribution is 2.21. The van der Waals surface area contributed by atoms with Gasteiger partial charge >= 0.3 is 0 Å². The molecule has 0 fully saturated rings. The highest BCUT2D eigenvalue weighted by molar-refractivity contribution is 6.04. The Bertz CT molecular complexity index is 749. The molecule has 1 aromatic carbocycles. The van der Waals surface area contributed by atoms with E-state index in [4.69, 9.17) is 4.74 Å². The molecular formula is C17H18FN3O2. The van der Waals surface area contributed by atoms with Crippen molar-refractivity contribution < 1.29 is 13.9 Å². The molecule has 1 aliphatic heterocycles. The zero-order valence-electron chi connectivity index (χ0n) is 13.1. The largest absolute Gasteiger partial charge is 0.494 e. The fourth-order valence-electron chi connectivity index (χ4n) is 2.65. The number of rotatable bonds is 3. The number of aromatic nitrogens is 1. The van der Waals surface area contributed by atoms with E-state index < -0.39 is 5.82 Å². The van der Waals surface area contributed by atoms with Crippen LogP contribution in [0.5, 0.6) is 5.75 Å². The summed E-state index contributed by atoms with van der Waals surface area (Å²) in [5, 5.41) is 2.76. The van der Waals surface area contributed by atoms with Crippen LogP contribution in [-0.4, -0.2) is 36.5 Å². The van der Waals surface area contributed by atoms with Crippen molar-refractivity contribution in [3.05, 3.63) is 53.1 Å². The van der Waals surface area contributed by atoms with Crippen molar-refractivity contribution in [2.45, 2.75) is 13.0 Å². The molecule has 3 rings (SSSR count). The molecule has 0 bridgehead atoms. The van der Waals surface area contributed by atoms with Crippen LogP contribution in [-0.2, 0) is 13.0 Å². The van der Waals surface area contributed by atoms with Crippen LogP contribution in [0.4, 0.5) is 10.1 Å². The summed E-state index contributed by atoms with van der Waals surface area (Å²) in [5.41, 5.74) is 3.02. The summed E-state index contributed by atoms with van der Waals surface area (Å²) in [4.78, 5) is 18.9. The quantitative estimate of drug-likeness (QED) is 0.945. The summed E-state index contributed by atoms with van der Waals surface area (Å²) in [6.07, 6.45) is 2.55. The second-order valence-corrected chi connectivity index (χ2v) is 5.62. The zero-order valence-corrected chi connectivity index (χ0v) is 13.1. The lowest BCUT2D eigenvalue weighted by Crippen LogP contribution is -2.27. The number of carbonyl (C=O) groups excluding carboxylic acids is 1. The fourth-order valence-corrected chi connectivity index (χ4v) is 2.65. The number of fused-ring (bicyclic) bond motifs is 1. The van der Waals surface area contributed by atoms with Crippen LogP contribution in [0.1, 0.15) is 21.6 Å². The number of nitrogens with one attached hydrogen (secondary N) is 1. The number of hydrogen-bond donors (Lipinski definition) is 1. The Morgan fingerprint density at radius 3 is 2.96 bits per heavy atom. The molecule has 0 spiro atoms. The van der Waals surface area contributed by atoms with Crippen molar-refractivity contribution in [2.75, 3.05) is 26.0 Å². The average molecular weight is 315 g/mol. The van der Waals surface area contributed by atoms with Crippen LogP contribution in [0, 0.1) is 5.82 Å². The molecule has 6 heteroatoms. The molecule has 23 heavy (non-hydrogen) atoms. The molecular weight excluding hydrogens is 297 g/mol. The molecule has 0 atom stereocenters. The first-order chi connectivity index (χ1) is 11.1. The third-order valence-corrected chi connectivity index (χ3v) is 3.90. The van der Waals surface area contributed by atoms with Crippen LogP contribution < -0.4 is 10.1 Å². The van der Waals surface area contributed by atoms with Gasteiger partial charge in [-0.15, -0.1) is 0 Å². The molecule has 1 aliphatic rings. The predicted molar refractivity (Wildman–Crippen MR) is 85.2 cm³/mol. The maximum Gasteiger partial charge on any atom is 0.255 e. The van der Waals surface area contributed by atoms with E-state index in [1.807, 2.05) is 13.1 Å². The van der Waals surface area contributed by atoms with Crippen LogP contribution in [0.2, 0.25) is 0 Å². The molecule has 0 aliphatic carbocycles. The number of carbonyl (C=O) groups is 1. The van der Waals surface area contributed by atoms with E-state index in [-0.39, 0.29) is 17.2 Å². The number of nitrogens with zero attached hydrogens (tertiary/aromatic N) is 2. The third kappa shape index (κ3) is 3.32. The Kier molecular flexibility index (Phi) is 4.25. The van der Waals surface area contributed by atoms with Crippen LogP contribution >= 0.6 is 0 Å².